The van der Waals surface area contributed by atoms with Crippen LogP contribution in [-0.2, 0) is 24.0 Å². The van der Waals surface area contributed by atoms with Crippen LogP contribution in [0, 0.1) is 0 Å². The fourth-order valence-electron chi connectivity index (χ4n) is 3.62. The molecular weight excluding hydrogens is 382 g/mol. The van der Waals surface area contributed by atoms with Crippen LogP contribution in [0.3, 0.4) is 0 Å². The summed E-state index contributed by atoms with van der Waals surface area (Å²) in [7, 11) is 0. The molecule has 0 aromatic rings. The van der Waals surface area contributed by atoms with E-state index in [9.17, 15) is 29.1 Å². The highest BCUT2D eigenvalue weighted by atomic mass is 16.4. The maximum atomic E-state index is 12.9. The van der Waals surface area contributed by atoms with Gasteiger partial charge in [0.05, 0.1) is 6.04 Å². The average Bonchev–Trinajstić information content (AvgIpc) is 3.35. The molecule has 162 valence electrons. The van der Waals surface area contributed by atoms with Gasteiger partial charge in [0.1, 0.15) is 18.1 Å². The Morgan fingerprint density at radius 2 is 1.90 bits per heavy atom. The monoisotopic (exact) mass is 411 g/mol. The van der Waals surface area contributed by atoms with E-state index in [1.54, 1.807) is 0 Å². The van der Waals surface area contributed by atoms with Crippen molar-refractivity contribution in [2.24, 2.45) is 5.73 Å². The van der Waals surface area contributed by atoms with Crippen molar-refractivity contribution in [3.05, 3.63) is 0 Å². The molecule has 0 aromatic carbocycles. The third-order valence-electron chi connectivity index (χ3n) is 5.24. The Hall–Kier alpha value is -2.69. The number of rotatable bonds is 9. The summed E-state index contributed by atoms with van der Waals surface area (Å²) < 4.78 is 0. The van der Waals surface area contributed by atoms with Gasteiger partial charge >= 0.3 is 5.97 Å². The molecule has 4 amide bonds. The van der Waals surface area contributed by atoms with Gasteiger partial charge in [-0.05, 0) is 45.6 Å². The van der Waals surface area contributed by atoms with Crippen LogP contribution in [0.5, 0.6) is 0 Å². The number of hydrogen-bond acceptors (Lipinski definition) is 6. The summed E-state index contributed by atoms with van der Waals surface area (Å²) in [5.41, 5.74) is 5.16. The van der Waals surface area contributed by atoms with Crippen LogP contribution < -0.4 is 21.7 Å². The normalized spacial score (nSPS) is 23.3. The van der Waals surface area contributed by atoms with E-state index < -0.39 is 41.8 Å². The van der Waals surface area contributed by atoms with E-state index >= 15 is 0 Å². The van der Waals surface area contributed by atoms with Crippen LogP contribution in [0.1, 0.15) is 45.4 Å². The van der Waals surface area contributed by atoms with Crippen LogP contribution in [0.15, 0.2) is 0 Å². The summed E-state index contributed by atoms with van der Waals surface area (Å²) in [6.45, 7) is 2.50. The third-order valence-corrected chi connectivity index (χ3v) is 5.24. The standard InChI is InChI=1S/C18H29N5O6/c1-10(21-16(26)11-4-2-8-20-11)15(25)22-12(6-7-14(19)24)17(27)23-9-3-5-13(23)18(28)29/h10-13,20H,2-9H2,1H3,(H2,19,24)(H,21,26)(H,22,25)(H,28,29). The molecule has 4 unspecified atom stereocenters. The van der Waals surface area contributed by atoms with Gasteiger partial charge in [-0.2, -0.15) is 0 Å². The van der Waals surface area contributed by atoms with E-state index in [1.807, 2.05) is 0 Å². The molecule has 2 rings (SSSR count). The summed E-state index contributed by atoms with van der Waals surface area (Å²) in [6, 6.07) is -3.30. The second kappa shape index (κ2) is 10.2. The van der Waals surface area contributed by atoms with Crippen LogP contribution in [-0.4, -0.2) is 76.9 Å². The number of carboxylic acid groups (broad SMARTS) is 1. The number of carboxylic acids is 1. The van der Waals surface area contributed by atoms with Crippen molar-refractivity contribution in [3.63, 3.8) is 0 Å². The van der Waals surface area contributed by atoms with Crippen molar-refractivity contribution in [1.29, 1.82) is 0 Å². The van der Waals surface area contributed by atoms with Crippen LogP contribution in [0.4, 0.5) is 0 Å². The number of hydrogen-bond donors (Lipinski definition) is 5. The minimum atomic E-state index is -1.11. The van der Waals surface area contributed by atoms with E-state index in [0.29, 0.717) is 19.3 Å². The first-order valence-corrected chi connectivity index (χ1v) is 9.86. The molecule has 2 aliphatic rings. The lowest BCUT2D eigenvalue weighted by atomic mass is 10.1. The lowest BCUT2D eigenvalue weighted by Gasteiger charge is -2.28. The number of amides is 4. The molecule has 0 radical (unpaired) electrons. The van der Waals surface area contributed by atoms with Gasteiger partial charge < -0.3 is 31.7 Å². The van der Waals surface area contributed by atoms with Gasteiger partial charge in [0.25, 0.3) is 0 Å². The zero-order chi connectivity index (χ0) is 21.6. The molecule has 4 atom stereocenters. The zero-order valence-electron chi connectivity index (χ0n) is 16.5. The highest BCUT2D eigenvalue weighted by Gasteiger charge is 2.38. The lowest BCUT2D eigenvalue weighted by molar-refractivity contribution is -0.149. The number of primary amides is 1. The molecule has 0 aliphatic carbocycles. The smallest absolute Gasteiger partial charge is 0.326 e. The SMILES string of the molecule is CC(NC(=O)C1CCCN1)C(=O)NC(CCC(N)=O)C(=O)N1CCCC1C(=O)O. The fourth-order valence-corrected chi connectivity index (χ4v) is 3.62. The van der Waals surface area contributed by atoms with Gasteiger partial charge in [0, 0.05) is 13.0 Å². The number of carbonyl (C=O) groups is 5. The molecule has 0 spiro atoms. The lowest BCUT2D eigenvalue weighted by Crippen LogP contribution is -2.56. The largest absolute Gasteiger partial charge is 0.480 e. The number of nitrogens with two attached hydrogens (primary N) is 1. The zero-order valence-corrected chi connectivity index (χ0v) is 16.5. The molecule has 29 heavy (non-hydrogen) atoms. The molecule has 0 aromatic heterocycles. The molecule has 11 heteroatoms. The predicted octanol–water partition coefficient (Wildman–Crippen LogP) is -1.93. The van der Waals surface area contributed by atoms with E-state index in [1.165, 1.54) is 11.8 Å². The van der Waals surface area contributed by atoms with Crippen molar-refractivity contribution in [1.82, 2.24) is 20.9 Å². The Balaban J connectivity index is 2.01. The molecule has 6 N–H and O–H groups in total. The van der Waals surface area contributed by atoms with Gasteiger partial charge in [-0.1, -0.05) is 0 Å². The Morgan fingerprint density at radius 3 is 2.48 bits per heavy atom. The predicted molar refractivity (Wildman–Crippen MR) is 101 cm³/mol. The van der Waals surface area contributed by atoms with Crippen molar-refractivity contribution in [3.8, 4) is 0 Å². The number of likely N-dealkylation sites (tertiary alicyclic amines) is 1. The molecular formula is C18H29N5O6. The Morgan fingerprint density at radius 1 is 1.17 bits per heavy atom. The molecule has 0 bridgehead atoms. The minimum absolute atomic E-state index is 0.0480. The second-order valence-corrected chi connectivity index (χ2v) is 7.47. The van der Waals surface area contributed by atoms with E-state index in [-0.39, 0.29) is 31.3 Å². The number of aliphatic carboxylic acids is 1. The first-order chi connectivity index (χ1) is 13.7. The molecule has 0 saturated carbocycles. The average molecular weight is 411 g/mol. The van der Waals surface area contributed by atoms with Gasteiger partial charge in [-0.3, -0.25) is 19.2 Å². The maximum Gasteiger partial charge on any atom is 0.326 e. The maximum absolute atomic E-state index is 12.9. The Kier molecular flexibility index (Phi) is 7.94. The number of carbonyl (C=O) groups excluding carboxylic acids is 4. The highest BCUT2D eigenvalue weighted by Crippen LogP contribution is 2.19. The number of nitrogens with one attached hydrogen (secondary N) is 3. The first kappa shape index (κ1) is 22.6. The van der Waals surface area contributed by atoms with Crippen molar-refractivity contribution in [2.45, 2.75) is 69.6 Å². The van der Waals surface area contributed by atoms with Crippen LogP contribution in [0.25, 0.3) is 0 Å². The van der Waals surface area contributed by atoms with Gasteiger partial charge in [0.15, 0.2) is 0 Å². The van der Waals surface area contributed by atoms with Gasteiger partial charge in [0.2, 0.25) is 23.6 Å². The first-order valence-electron chi connectivity index (χ1n) is 9.86. The third kappa shape index (κ3) is 6.14. The van der Waals surface area contributed by atoms with E-state index in [2.05, 4.69) is 16.0 Å². The quantitative estimate of drug-likeness (QED) is 0.294. The summed E-state index contributed by atoms with van der Waals surface area (Å²) in [5, 5.41) is 17.5. The van der Waals surface area contributed by atoms with Crippen molar-refractivity contribution >= 4 is 29.6 Å². The van der Waals surface area contributed by atoms with E-state index in [0.717, 1.165) is 13.0 Å². The minimum Gasteiger partial charge on any atom is -0.480 e. The van der Waals surface area contributed by atoms with Crippen LogP contribution in [0.2, 0.25) is 0 Å². The molecule has 2 fully saturated rings. The summed E-state index contributed by atoms with van der Waals surface area (Å²) in [6.07, 6.45) is 2.25. The topological polar surface area (TPSA) is 171 Å². The van der Waals surface area contributed by atoms with Crippen molar-refractivity contribution in [2.75, 3.05) is 13.1 Å². The second-order valence-electron chi connectivity index (χ2n) is 7.47. The van der Waals surface area contributed by atoms with Gasteiger partial charge in [-0.25, -0.2) is 4.79 Å². The Labute approximate surface area is 168 Å². The van der Waals surface area contributed by atoms with Crippen LogP contribution >= 0.6 is 0 Å². The van der Waals surface area contributed by atoms with Crippen molar-refractivity contribution < 1.29 is 29.1 Å². The summed E-state index contributed by atoms with van der Waals surface area (Å²) in [5.74, 6) is -3.20. The molecule has 11 nitrogen and oxygen atoms in total. The number of nitrogens with zero attached hydrogens (tertiary/aromatic N) is 1. The fraction of sp³-hybridized carbons (Fsp3) is 0.722. The molecule has 2 saturated heterocycles. The highest BCUT2D eigenvalue weighted by molar-refractivity contribution is 5.94. The van der Waals surface area contributed by atoms with Gasteiger partial charge in [-0.15, -0.1) is 0 Å². The summed E-state index contributed by atoms with van der Waals surface area (Å²) in [4.78, 5) is 61.3. The molecule has 2 heterocycles. The van der Waals surface area contributed by atoms with E-state index in [4.69, 9.17) is 5.73 Å². The summed E-state index contributed by atoms with van der Waals surface area (Å²) >= 11 is 0. The molecule has 2 aliphatic heterocycles. The Bertz CT molecular complexity index is 663.